The summed E-state index contributed by atoms with van der Waals surface area (Å²) in [5.74, 6) is 0.651. The highest BCUT2D eigenvalue weighted by Crippen LogP contribution is 2.09. The van der Waals surface area contributed by atoms with Gasteiger partial charge in [0.05, 0.1) is 12.9 Å². The summed E-state index contributed by atoms with van der Waals surface area (Å²) in [4.78, 5) is 4.03. The average molecular weight is 285 g/mol. The van der Waals surface area contributed by atoms with Crippen LogP contribution in [0.5, 0.6) is 5.88 Å². The molecule has 1 aliphatic heterocycles. The highest BCUT2D eigenvalue weighted by Gasteiger charge is 2.21. The summed E-state index contributed by atoms with van der Waals surface area (Å²) in [6.45, 7) is 1.16. The fourth-order valence-corrected chi connectivity index (χ4v) is 3.37. The monoisotopic (exact) mass is 285 g/mol. The van der Waals surface area contributed by atoms with Gasteiger partial charge >= 0.3 is 0 Å². The van der Waals surface area contributed by atoms with E-state index in [2.05, 4.69) is 15.0 Å². The second kappa shape index (κ2) is 6.31. The first kappa shape index (κ1) is 14.2. The van der Waals surface area contributed by atoms with Crippen molar-refractivity contribution in [3.05, 3.63) is 23.9 Å². The van der Waals surface area contributed by atoms with Crippen molar-refractivity contribution in [3.8, 4) is 5.88 Å². The summed E-state index contributed by atoms with van der Waals surface area (Å²) < 4.78 is 31.3. The minimum Gasteiger partial charge on any atom is -0.481 e. The molecule has 106 valence electrons. The van der Waals surface area contributed by atoms with Crippen LogP contribution in [0.4, 0.5) is 0 Å². The number of nitrogens with zero attached hydrogens (tertiary/aromatic N) is 1. The van der Waals surface area contributed by atoms with Crippen molar-refractivity contribution in [3.63, 3.8) is 0 Å². The van der Waals surface area contributed by atoms with Crippen molar-refractivity contribution in [1.29, 1.82) is 0 Å². The Labute approximate surface area is 113 Å². The molecule has 1 unspecified atom stereocenters. The average Bonchev–Trinajstić information content (AvgIpc) is 2.89. The Morgan fingerprint density at radius 1 is 1.53 bits per heavy atom. The fourth-order valence-electron chi connectivity index (χ4n) is 2.05. The second-order valence-corrected chi connectivity index (χ2v) is 6.46. The van der Waals surface area contributed by atoms with Crippen LogP contribution in [0, 0.1) is 0 Å². The Morgan fingerprint density at radius 3 is 2.95 bits per heavy atom. The zero-order valence-corrected chi connectivity index (χ0v) is 11.7. The zero-order chi connectivity index (χ0) is 13.7. The van der Waals surface area contributed by atoms with E-state index in [1.54, 1.807) is 25.4 Å². The molecule has 0 aliphatic carbocycles. The number of pyridine rings is 1. The molecule has 0 spiro atoms. The van der Waals surface area contributed by atoms with Gasteiger partial charge in [-0.15, -0.1) is 0 Å². The minimum atomic E-state index is -3.25. The van der Waals surface area contributed by atoms with Crippen molar-refractivity contribution < 1.29 is 13.2 Å². The number of aromatic nitrogens is 1. The van der Waals surface area contributed by atoms with Crippen LogP contribution in [0.25, 0.3) is 0 Å². The van der Waals surface area contributed by atoms with Gasteiger partial charge in [-0.1, -0.05) is 6.07 Å². The molecule has 2 rings (SSSR count). The third-order valence-corrected chi connectivity index (χ3v) is 4.51. The molecule has 1 aromatic heterocycles. The quantitative estimate of drug-likeness (QED) is 0.784. The summed E-state index contributed by atoms with van der Waals surface area (Å²) in [6.07, 6.45) is 3.57. The van der Waals surface area contributed by atoms with Gasteiger partial charge in [-0.2, -0.15) is 0 Å². The molecule has 0 amide bonds. The van der Waals surface area contributed by atoms with Gasteiger partial charge in [0, 0.05) is 24.8 Å². The van der Waals surface area contributed by atoms with Gasteiger partial charge in [-0.25, -0.2) is 18.1 Å². The van der Waals surface area contributed by atoms with E-state index >= 15 is 0 Å². The molecule has 1 atom stereocenters. The van der Waals surface area contributed by atoms with Crippen molar-refractivity contribution >= 4 is 10.0 Å². The lowest BCUT2D eigenvalue weighted by Crippen LogP contribution is -2.36. The van der Waals surface area contributed by atoms with Crippen LogP contribution in [-0.2, 0) is 16.6 Å². The summed E-state index contributed by atoms with van der Waals surface area (Å²) in [5, 5.41) is 3.18. The molecule has 0 bridgehead atoms. The Kier molecular flexibility index (Phi) is 4.73. The highest BCUT2D eigenvalue weighted by molar-refractivity contribution is 7.89. The predicted molar refractivity (Wildman–Crippen MR) is 72.4 cm³/mol. The van der Waals surface area contributed by atoms with Crippen LogP contribution in [-0.4, -0.2) is 38.9 Å². The number of ether oxygens (including phenoxy) is 1. The highest BCUT2D eigenvalue weighted by atomic mass is 32.2. The molecule has 1 aliphatic rings. The lowest BCUT2D eigenvalue weighted by molar-refractivity contribution is 0.397. The number of nitrogens with one attached hydrogen (secondary N) is 2. The minimum absolute atomic E-state index is 0.0755. The Balaban J connectivity index is 1.85. The molecule has 2 N–H and O–H groups in total. The molecule has 7 heteroatoms. The maximum atomic E-state index is 11.9. The van der Waals surface area contributed by atoms with Crippen molar-refractivity contribution in [1.82, 2.24) is 15.0 Å². The molecule has 0 radical (unpaired) electrons. The van der Waals surface area contributed by atoms with Crippen molar-refractivity contribution in [2.45, 2.75) is 25.4 Å². The van der Waals surface area contributed by atoms with E-state index in [9.17, 15) is 8.42 Å². The first-order valence-electron chi connectivity index (χ1n) is 6.29. The smallest absolute Gasteiger partial charge is 0.213 e. The Hall–Kier alpha value is -1.18. The molecular weight excluding hydrogens is 266 g/mol. The van der Waals surface area contributed by atoms with E-state index in [4.69, 9.17) is 4.74 Å². The summed E-state index contributed by atoms with van der Waals surface area (Å²) in [7, 11) is -1.71. The van der Waals surface area contributed by atoms with Crippen molar-refractivity contribution in [2.24, 2.45) is 0 Å². The van der Waals surface area contributed by atoms with Crippen LogP contribution >= 0.6 is 0 Å². The fraction of sp³-hybridized carbons (Fsp3) is 0.583. The van der Waals surface area contributed by atoms with E-state index in [1.807, 2.05) is 0 Å². The van der Waals surface area contributed by atoms with Gasteiger partial charge in [0.25, 0.3) is 0 Å². The van der Waals surface area contributed by atoms with Gasteiger partial charge in [-0.05, 0) is 24.9 Å². The molecule has 2 heterocycles. The van der Waals surface area contributed by atoms with Gasteiger partial charge in [0.2, 0.25) is 15.9 Å². The molecule has 1 aromatic rings. The normalized spacial score (nSPS) is 19.5. The number of rotatable bonds is 6. The Morgan fingerprint density at radius 2 is 2.37 bits per heavy atom. The predicted octanol–water partition coefficient (Wildman–Crippen LogP) is 0.262. The molecular formula is C12H19N3O3S. The topological polar surface area (TPSA) is 80.3 Å². The second-order valence-electron chi connectivity index (χ2n) is 4.60. The van der Waals surface area contributed by atoms with E-state index < -0.39 is 10.0 Å². The first-order valence-corrected chi connectivity index (χ1v) is 7.94. The van der Waals surface area contributed by atoms with E-state index in [0.29, 0.717) is 5.88 Å². The van der Waals surface area contributed by atoms with Crippen LogP contribution in [0.2, 0.25) is 0 Å². The molecule has 1 saturated heterocycles. The molecule has 1 fully saturated rings. The van der Waals surface area contributed by atoms with Gasteiger partial charge in [0.15, 0.2) is 0 Å². The van der Waals surface area contributed by atoms with E-state index in [-0.39, 0.29) is 18.3 Å². The van der Waals surface area contributed by atoms with Crippen LogP contribution in [0.3, 0.4) is 0 Å². The molecule has 6 nitrogen and oxygen atoms in total. The number of methoxy groups -OCH3 is 1. The van der Waals surface area contributed by atoms with Crippen LogP contribution < -0.4 is 14.8 Å². The maximum absolute atomic E-state index is 11.9. The molecule has 0 aromatic carbocycles. The third-order valence-electron chi connectivity index (χ3n) is 3.09. The largest absolute Gasteiger partial charge is 0.481 e. The Bertz CT molecular complexity index is 495. The van der Waals surface area contributed by atoms with Gasteiger partial charge in [-0.3, -0.25) is 0 Å². The first-order chi connectivity index (χ1) is 9.09. The summed E-state index contributed by atoms with van der Waals surface area (Å²) >= 11 is 0. The van der Waals surface area contributed by atoms with Crippen LogP contribution in [0.1, 0.15) is 18.4 Å². The standard InChI is InChI=1S/C12H19N3O3S/c1-18-12-5-4-10(7-14-12)8-15-19(16,17)9-11-3-2-6-13-11/h4-5,7,11,13,15H,2-3,6,8-9H2,1H3. The van der Waals surface area contributed by atoms with Gasteiger partial charge < -0.3 is 10.1 Å². The molecule has 19 heavy (non-hydrogen) atoms. The van der Waals surface area contributed by atoms with E-state index in [0.717, 1.165) is 24.9 Å². The zero-order valence-electron chi connectivity index (χ0n) is 10.9. The maximum Gasteiger partial charge on any atom is 0.213 e. The lowest BCUT2D eigenvalue weighted by Gasteiger charge is -2.11. The summed E-state index contributed by atoms with van der Waals surface area (Å²) in [6, 6.07) is 3.58. The molecule has 0 saturated carbocycles. The number of sulfonamides is 1. The van der Waals surface area contributed by atoms with Gasteiger partial charge in [0.1, 0.15) is 0 Å². The summed E-state index contributed by atoms with van der Waals surface area (Å²) in [5.41, 5.74) is 0.809. The third kappa shape index (κ3) is 4.45. The SMILES string of the molecule is COc1ccc(CNS(=O)(=O)CC2CCCN2)cn1. The number of hydrogen-bond donors (Lipinski definition) is 2. The van der Waals surface area contributed by atoms with Crippen LogP contribution in [0.15, 0.2) is 18.3 Å². The number of hydrogen-bond acceptors (Lipinski definition) is 5. The van der Waals surface area contributed by atoms with E-state index in [1.165, 1.54) is 0 Å². The van der Waals surface area contributed by atoms with Crippen molar-refractivity contribution in [2.75, 3.05) is 19.4 Å². The lowest BCUT2D eigenvalue weighted by atomic mass is 10.3.